The summed E-state index contributed by atoms with van der Waals surface area (Å²) in [5, 5.41) is 9.43. The predicted molar refractivity (Wildman–Crippen MR) is 67.1 cm³/mol. The molecule has 0 saturated carbocycles. The Kier molecular flexibility index (Phi) is 4.95. The van der Waals surface area contributed by atoms with Crippen molar-refractivity contribution in [1.29, 1.82) is 0 Å². The summed E-state index contributed by atoms with van der Waals surface area (Å²) in [7, 11) is 0. The van der Waals surface area contributed by atoms with E-state index in [1.165, 1.54) is 0 Å². The van der Waals surface area contributed by atoms with E-state index in [1.807, 2.05) is 27.7 Å². The van der Waals surface area contributed by atoms with Crippen molar-refractivity contribution >= 4 is 5.97 Å². The van der Waals surface area contributed by atoms with Gasteiger partial charge in [-0.05, 0) is 26.7 Å². The lowest BCUT2D eigenvalue weighted by molar-refractivity contribution is -0.153. The summed E-state index contributed by atoms with van der Waals surface area (Å²) in [5.41, 5.74) is -0.600. The first-order chi connectivity index (χ1) is 7.93. The zero-order chi connectivity index (χ0) is 13.1. The molecule has 4 nitrogen and oxygen atoms in total. The second-order valence-corrected chi connectivity index (χ2v) is 5.24. The van der Waals surface area contributed by atoms with Gasteiger partial charge >= 0.3 is 5.97 Å². The van der Waals surface area contributed by atoms with Crippen molar-refractivity contribution in [2.75, 3.05) is 19.6 Å². The number of ether oxygens (including phenoxy) is 1. The average molecular weight is 243 g/mol. The lowest BCUT2D eigenvalue weighted by Gasteiger charge is -2.40. The van der Waals surface area contributed by atoms with Crippen molar-refractivity contribution in [3.63, 3.8) is 0 Å². The zero-order valence-electron chi connectivity index (χ0n) is 11.4. The summed E-state index contributed by atoms with van der Waals surface area (Å²) in [6, 6.07) is 0. The van der Waals surface area contributed by atoms with Crippen molar-refractivity contribution in [2.24, 2.45) is 5.41 Å². The number of nitrogens with zero attached hydrogens (tertiary/aromatic N) is 1. The summed E-state index contributed by atoms with van der Waals surface area (Å²) >= 11 is 0. The van der Waals surface area contributed by atoms with E-state index in [0.717, 1.165) is 13.1 Å². The van der Waals surface area contributed by atoms with Gasteiger partial charge < -0.3 is 9.84 Å². The number of morpholine rings is 1. The van der Waals surface area contributed by atoms with E-state index >= 15 is 0 Å². The first-order valence-electron chi connectivity index (χ1n) is 6.54. The molecule has 0 spiro atoms. The molecule has 0 aliphatic carbocycles. The molecular formula is C13H25NO3. The van der Waals surface area contributed by atoms with Crippen molar-refractivity contribution < 1.29 is 14.6 Å². The largest absolute Gasteiger partial charge is 0.481 e. The topological polar surface area (TPSA) is 49.8 Å². The fraction of sp³-hybridized carbons (Fsp3) is 0.923. The molecule has 17 heavy (non-hydrogen) atoms. The van der Waals surface area contributed by atoms with Crippen molar-refractivity contribution in [3.05, 3.63) is 0 Å². The van der Waals surface area contributed by atoms with Gasteiger partial charge in [0, 0.05) is 19.6 Å². The third-order valence-electron chi connectivity index (χ3n) is 3.83. The van der Waals surface area contributed by atoms with Crippen LogP contribution in [0.15, 0.2) is 0 Å². The first-order valence-corrected chi connectivity index (χ1v) is 6.54. The van der Waals surface area contributed by atoms with E-state index in [-0.39, 0.29) is 12.2 Å². The highest BCUT2D eigenvalue weighted by molar-refractivity contribution is 5.74. The van der Waals surface area contributed by atoms with Crippen LogP contribution in [-0.4, -0.2) is 47.8 Å². The molecule has 0 amide bonds. The first kappa shape index (κ1) is 14.5. The van der Waals surface area contributed by atoms with Crippen molar-refractivity contribution in [3.8, 4) is 0 Å². The second-order valence-electron chi connectivity index (χ2n) is 5.24. The van der Waals surface area contributed by atoms with Crippen LogP contribution < -0.4 is 0 Å². The molecule has 0 aromatic rings. The van der Waals surface area contributed by atoms with Crippen LogP contribution in [0.4, 0.5) is 0 Å². The van der Waals surface area contributed by atoms with Crippen molar-refractivity contribution in [2.45, 2.75) is 52.7 Å². The molecule has 0 aromatic carbocycles. The molecule has 1 aliphatic rings. The minimum Gasteiger partial charge on any atom is -0.481 e. The Morgan fingerprint density at radius 2 is 1.76 bits per heavy atom. The SMILES string of the molecule is CCC(CC)(CN1CC(C)OC(C)C1)C(=O)O. The molecule has 0 bridgehead atoms. The number of rotatable bonds is 5. The Morgan fingerprint density at radius 3 is 2.12 bits per heavy atom. The molecular weight excluding hydrogens is 218 g/mol. The maximum absolute atomic E-state index is 11.5. The van der Waals surface area contributed by atoms with E-state index < -0.39 is 11.4 Å². The van der Waals surface area contributed by atoms with Gasteiger partial charge in [-0.25, -0.2) is 0 Å². The van der Waals surface area contributed by atoms with Crippen LogP contribution in [0, 0.1) is 5.41 Å². The van der Waals surface area contributed by atoms with E-state index in [1.54, 1.807) is 0 Å². The number of hydrogen-bond donors (Lipinski definition) is 1. The van der Waals surface area contributed by atoms with Gasteiger partial charge in [0.05, 0.1) is 17.6 Å². The van der Waals surface area contributed by atoms with Gasteiger partial charge in [0.1, 0.15) is 0 Å². The third kappa shape index (κ3) is 3.42. The number of carbonyl (C=O) groups is 1. The quantitative estimate of drug-likeness (QED) is 0.802. The Hall–Kier alpha value is -0.610. The van der Waals surface area contributed by atoms with E-state index in [4.69, 9.17) is 4.74 Å². The van der Waals surface area contributed by atoms with Gasteiger partial charge in [0.15, 0.2) is 0 Å². The molecule has 1 fully saturated rings. The number of carboxylic acids is 1. The van der Waals surface area contributed by atoms with Gasteiger partial charge in [-0.2, -0.15) is 0 Å². The summed E-state index contributed by atoms with van der Waals surface area (Å²) < 4.78 is 5.67. The number of aliphatic carboxylic acids is 1. The molecule has 1 heterocycles. The molecule has 1 aliphatic heterocycles. The standard InChI is InChI=1S/C13H25NO3/c1-5-13(6-2,12(15)16)9-14-7-10(3)17-11(4)8-14/h10-11H,5-9H2,1-4H3,(H,15,16). The monoisotopic (exact) mass is 243 g/mol. The lowest BCUT2D eigenvalue weighted by Crippen LogP contribution is -2.51. The molecule has 1 N–H and O–H groups in total. The van der Waals surface area contributed by atoms with E-state index in [9.17, 15) is 9.90 Å². The van der Waals surface area contributed by atoms with Gasteiger partial charge in [0.2, 0.25) is 0 Å². The molecule has 2 unspecified atom stereocenters. The van der Waals surface area contributed by atoms with E-state index in [2.05, 4.69) is 4.90 Å². The Balaban J connectivity index is 2.70. The second kappa shape index (κ2) is 5.83. The van der Waals surface area contributed by atoms with Gasteiger partial charge in [-0.3, -0.25) is 9.69 Å². The highest BCUT2D eigenvalue weighted by atomic mass is 16.5. The van der Waals surface area contributed by atoms with Gasteiger partial charge in [-0.1, -0.05) is 13.8 Å². The fourth-order valence-electron chi connectivity index (χ4n) is 2.69. The minimum atomic E-state index is -0.672. The molecule has 0 radical (unpaired) electrons. The summed E-state index contributed by atoms with van der Waals surface area (Å²) in [6.45, 7) is 10.3. The van der Waals surface area contributed by atoms with Crippen LogP contribution in [0.2, 0.25) is 0 Å². The highest BCUT2D eigenvalue weighted by Crippen LogP contribution is 2.29. The Labute approximate surface area is 104 Å². The lowest BCUT2D eigenvalue weighted by atomic mass is 9.81. The fourth-order valence-corrected chi connectivity index (χ4v) is 2.69. The summed E-state index contributed by atoms with van der Waals surface area (Å²) in [4.78, 5) is 13.7. The van der Waals surface area contributed by atoms with Gasteiger partial charge in [0.25, 0.3) is 0 Å². The molecule has 1 saturated heterocycles. The van der Waals surface area contributed by atoms with Crippen molar-refractivity contribution in [1.82, 2.24) is 4.90 Å². The smallest absolute Gasteiger partial charge is 0.310 e. The average Bonchev–Trinajstić information content (AvgIpc) is 2.24. The summed E-state index contributed by atoms with van der Waals surface area (Å²) in [6.07, 6.45) is 1.75. The van der Waals surface area contributed by atoms with Crippen LogP contribution in [0.5, 0.6) is 0 Å². The summed E-state index contributed by atoms with van der Waals surface area (Å²) in [5.74, 6) is -0.672. The maximum atomic E-state index is 11.5. The maximum Gasteiger partial charge on any atom is 0.310 e. The number of carboxylic acid groups (broad SMARTS) is 1. The van der Waals surface area contributed by atoms with Gasteiger partial charge in [-0.15, -0.1) is 0 Å². The van der Waals surface area contributed by atoms with Crippen LogP contribution in [0.3, 0.4) is 0 Å². The number of hydrogen-bond acceptors (Lipinski definition) is 3. The molecule has 1 rings (SSSR count). The molecule has 4 heteroatoms. The normalized spacial score (nSPS) is 27.1. The van der Waals surface area contributed by atoms with E-state index in [0.29, 0.717) is 19.4 Å². The minimum absolute atomic E-state index is 0.193. The van der Waals surface area contributed by atoms with Crippen LogP contribution in [0.1, 0.15) is 40.5 Å². The highest BCUT2D eigenvalue weighted by Gasteiger charge is 2.38. The third-order valence-corrected chi connectivity index (χ3v) is 3.83. The molecule has 100 valence electrons. The molecule has 0 aromatic heterocycles. The molecule has 2 atom stereocenters. The predicted octanol–water partition coefficient (Wildman–Crippen LogP) is 1.99. The van der Waals surface area contributed by atoms with Crippen LogP contribution >= 0.6 is 0 Å². The Bertz CT molecular complexity index is 253. The Morgan fingerprint density at radius 1 is 1.29 bits per heavy atom. The van der Waals surface area contributed by atoms with Crippen LogP contribution in [-0.2, 0) is 9.53 Å². The van der Waals surface area contributed by atoms with Crippen LogP contribution in [0.25, 0.3) is 0 Å². The zero-order valence-corrected chi connectivity index (χ0v) is 11.4.